The van der Waals surface area contributed by atoms with Crippen LogP contribution < -0.4 is 5.32 Å². The highest BCUT2D eigenvalue weighted by atomic mass is 16.5. The molecule has 0 unspecified atom stereocenters. The van der Waals surface area contributed by atoms with Crippen molar-refractivity contribution in [2.45, 2.75) is 19.4 Å². The van der Waals surface area contributed by atoms with Crippen LogP contribution in [0, 0.1) is 0 Å². The van der Waals surface area contributed by atoms with Crippen LogP contribution in [0.2, 0.25) is 0 Å². The maximum absolute atomic E-state index is 5.20. The molecule has 0 amide bonds. The van der Waals surface area contributed by atoms with Crippen molar-refractivity contribution in [1.82, 2.24) is 0 Å². The van der Waals surface area contributed by atoms with Gasteiger partial charge in [-0.3, -0.25) is 0 Å². The third kappa shape index (κ3) is 2.98. The molecule has 0 saturated heterocycles. The Hall–Kier alpha value is -1.54. The number of hydrogen-bond acceptors (Lipinski definition) is 2. The van der Waals surface area contributed by atoms with Crippen LogP contribution in [0.25, 0.3) is 10.8 Å². The molecule has 2 aromatic carbocycles. The molecule has 0 aliphatic carbocycles. The van der Waals surface area contributed by atoms with Gasteiger partial charge in [0.05, 0.1) is 12.1 Å². The molecule has 0 heterocycles. The molecule has 2 nitrogen and oxygen atoms in total. The zero-order valence-corrected chi connectivity index (χ0v) is 10.7. The Morgan fingerprint density at radius 3 is 2.47 bits per heavy atom. The molecule has 0 bridgehead atoms. The topological polar surface area (TPSA) is 21.3 Å². The summed E-state index contributed by atoms with van der Waals surface area (Å²) in [6.07, 6.45) is 0. The second-order valence-electron chi connectivity index (χ2n) is 5.00. The third-order valence-corrected chi connectivity index (χ3v) is 2.74. The van der Waals surface area contributed by atoms with E-state index < -0.39 is 0 Å². The molecule has 0 saturated carbocycles. The predicted molar refractivity (Wildman–Crippen MR) is 73.5 cm³/mol. The van der Waals surface area contributed by atoms with E-state index in [1.165, 1.54) is 10.8 Å². The summed E-state index contributed by atoms with van der Waals surface area (Å²) in [6, 6.07) is 14.8. The van der Waals surface area contributed by atoms with Crippen molar-refractivity contribution in [3.63, 3.8) is 0 Å². The van der Waals surface area contributed by atoms with Crippen LogP contribution in [-0.4, -0.2) is 19.3 Å². The predicted octanol–water partition coefficient (Wildman–Crippen LogP) is 3.68. The standard InChI is InChI=1S/C15H19NO/c1-15(2,11-17-3)16-14-9-8-12-6-4-5-7-13(12)10-14/h4-10,16H,11H2,1-3H3. The molecule has 0 aliphatic heterocycles. The molecule has 2 rings (SSSR count). The summed E-state index contributed by atoms with van der Waals surface area (Å²) >= 11 is 0. The number of rotatable bonds is 4. The monoisotopic (exact) mass is 229 g/mol. The van der Waals surface area contributed by atoms with Gasteiger partial charge in [-0.1, -0.05) is 30.3 Å². The van der Waals surface area contributed by atoms with Gasteiger partial charge in [0.2, 0.25) is 0 Å². The highest BCUT2D eigenvalue weighted by Crippen LogP contribution is 2.21. The zero-order valence-electron chi connectivity index (χ0n) is 10.7. The molecule has 17 heavy (non-hydrogen) atoms. The van der Waals surface area contributed by atoms with E-state index in [-0.39, 0.29) is 5.54 Å². The lowest BCUT2D eigenvalue weighted by atomic mass is 10.1. The van der Waals surface area contributed by atoms with Gasteiger partial charge in [-0.25, -0.2) is 0 Å². The molecular formula is C15H19NO. The number of nitrogens with one attached hydrogen (secondary N) is 1. The molecule has 0 aliphatic rings. The van der Waals surface area contributed by atoms with Crippen molar-refractivity contribution < 1.29 is 4.74 Å². The molecule has 0 radical (unpaired) electrons. The highest BCUT2D eigenvalue weighted by Gasteiger charge is 2.16. The summed E-state index contributed by atoms with van der Waals surface area (Å²) in [4.78, 5) is 0. The maximum Gasteiger partial charge on any atom is 0.0687 e. The fraction of sp³-hybridized carbons (Fsp3) is 0.333. The average Bonchev–Trinajstić information content (AvgIpc) is 2.28. The number of methoxy groups -OCH3 is 1. The van der Waals surface area contributed by atoms with Crippen LogP contribution in [0.4, 0.5) is 5.69 Å². The first-order valence-electron chi connectivity index (χ1n) is 5.87. The van der Waals surface area contributed by atoms with E-state index in [0.717, 1.165) is 5.69 Å². The summed E-state index contributed by atoms with van der Waals surface area (Å²) in [5.41, 5.74) is 1.07. The van der Waals surface area contributed by atoms with E-state index in [1.807, 2.05) is 0 Å². The quantitative estimate of drug-likeness (QED) is 0.863. The first-order valence-corrected chi connectivity index (χ1v) is 5.87. The fourth-order valence-corrected chi connectivity index (χ4v) is 2.05. The molecule has 2 aromatic rings. The lowest BCUT2D eigenvalue weighted by Gasteiger charge is -2.26. The van der Waals surface area contributed by atoms with Crippen LogP contribution in [0.15, 0.2) is 42.5 Å². The van der Waals surface area contributed by atoms with E-state index in [9.17, 15) is 0 Å². The Balaban J connectivity index is 2.25. The van der Waals surface area contributed by atoms with Gasteiger partial charge in [0.25, 0.3) is 0 Å². The Labute approximate surface area is 103 Å². The first-order chi connectivity index (χ1) is 8.11. The van der Waals surface area contributed by atoms with Crippen molar-refractivity contribution in [3.8, 4) is 0 Å². The van der Waals surface area contributed by atoms with Crippen LogP contribution in [0.3, 0.4) is 0 Å². The largest absolute Gasteiger partial charge is 0.382 e. The van der Waals surface area contributed by atoms with Crippen molar-refractivity contribution >= 4 is 16.5 Å². The lowest BCUT2D eigenvalue weighted by Crippen LogP contribution is -2.35. The molecule has 0 fully saturated rings. The Bertz CT molecular complexity index is 505. The van der Waals surface area contributed by atoms with Crippen LogP contribution in [0.1, 0.15) is 13.8 Å². The summed E-state index contributed by atoms with van der Waals surface area (Å²) in [7, 11) is 1.73. The average molecular weight is 229 g/mol. The Morgan fingerprint density at radius 2 is 1.76 bits per heavy atom. The van der Waals surface area contributed by atoms with E-state index >= 15 is 0 Å². The molecule has 2 heteroatoms. The van der Waals surface area contributed by atoms with E-state index in [2.05, 4.69) is 61.6 Å². The minimum Gasteiger partial charge on any atom is -0.382 e. The van der Waals surface area contributed by atoms with Gasteiger partial charge in [-0.2, -0.15) is 0 Å². The number of ether oxygens (including phenoxy) is 1. The number of fused-ring (bicyclic) bond motifs is 1. The second kappa shape index (κ2) is 4.76. The van der Waals surface area contributed by atoms with Crippen LogP contribution in [-0.2, 0) is 4.74 Å². The molecule has 0 aromatic heterocycles. The van der Waals surface area contributed by atoms with Crippen molar-refractivity contribution in [3.05, 3.63) is 42.5 Å². The zero-order chi connectivity index (χ0) is 12.3. The van der Waals surface area contributed by atoms with Gasteiger partial charge in [0, 0.05) is 12.8 Å². The second-order valence-corrected chi connectivity index (χ2v) is 5.00. The highest BCUT2D eigenvalue weighted by molar-refractivity contribution is 5.85. The number of hydrogen-bond donors (Lipinski definition) is 1. The van der Waals surface area contributed by atoms with Crippen LogP contribution >= 0.6 is 0 Å². The van der Waals surface area contributed by atoms with Crippen molar-refractivity contribution in [1.29, 1.82) is 0 Å². The normalized spacial score (nSPS) is 11.7. The fourth-order valence-electron chi connectivity index (χ4n) is 2.05. The molecule has 90 valence electrons. The molecule has 1 N–H and O–H groups in total. The van der Waals surface area contributed by atoms with Gasteiger partial charge in [-0.05, 0) is 36.8 Å². The minimum atomic E-state index is -0.0583. The maximum atomic E-state index is 5.20. The van der Waals surface area contributed by atoms with Gasteiger partial charge < -0.3 is 10.1 Å². The lowest BCUT2D eigenvalue weighted by molar-refractivity contribution is 0.158. The molecular weight excluding hydrogens is 210 g/mol. The van der Waals surface area contributed by atoms with E-state index in [1.54, 1.807) is 7.11 Å². The summed E-state index contributed by atoms with van der Waals surface area (Å²) in [5.74, 6) is 0. The molecule has 0 atom stereocenters. The van der Waals surface area contributed by atoms with Crippen LogP contribution in [0.5, 0.6) is 0 Å². The number of anilines is 1. The first kappa shape index (κ1) is 11.9. The third-order valence-electron chi connectivity index (χ3n) is 2.74. The number of benzene rings is 2. The van der Waals surface area contributed by atoms with E-state index in [4.69, 9.17) is 4.74 Å². The Kier molecular flexibility index (Phi) is 3.34. The minimum absolute atomic E-state index is 0.0583. The molecule has 0 spiro atoms. The SMILES string of the molecule is COCC(C)(C)Nc1ccc2ccccc2c1. The van der Waals surface area contributed by atoms with Crippen molar-refractivity contribution in [2.75, 3.05) is 19.0 Å². The van der Waals surface area contributed by atoms with Gasteiger partial charge >= 0.3 is 0 Å². The Morgan fingerprint density at radius 1 is 1.06 bits per heavy atom. The van der Waals surface area contributed by atoms with Crippen molar-refractivity contribution in [2.24, 2.45) is 0 Å². The summed E-state index contributed by atoms with van der Waals surface area (Å²) < 4.78 is 5.20. The van der Waals surface area contributed by atoms with Gasteiger partial charge in [-0.15, -0.1) is 0 Å². The van der Waals surface area contributed by atoms with Gasteiger partial charge in [0.15, 0.2) is 0 Å². The van der Waals surface area contributed by atoms with Gasteiger partial charge in [0.1, 0.15) is 0 Å². The van der Waals surface area contributed by atoms with E-state index in [0.29, 0.717) is 6.61 Å². The summed E-state index contributed by atoms with van der Waals surface area (Å²) in [5, 5.41) is 6.01. The smallest absolute Gasteiger partial charge is 0.0687 e. The summed E-state index contributed by atoms with van der Waals surface area (Å²) in [6.45, 7) is 4.94.